The first-order valence-electron chi connectivity index (χ1n) is 9.93. The molecule has 3 aromatic heterocycles. The largest absolute Gasteiger partial charge is 0.413 e. The summed E-state index contributed by atoms with van der Waals surface area (Å²) in [6, 6.07) is 14.5. The van der Waals surface area contributed by atoms with Gasteiger partial charge in [0, 0.05) is 33.4 Å². The summed E-state index contributed by atoms with van der Waals surface area (Å²) in [7, 11) is 0. The van der Waals surface area contributed by atoms with Gasteiger partial charge in [0.25, 0.3) is 11.7 Å². The molecule has 0 aliphatic heterocycles. The molecule has 0 spiro atoms. The lowest BCUT2D eigenvalue weighted by atomic mass is 10.1. The van der Waals surface area contributed by atoms with Crippen molar-refractivity contribution in [2.45, 2.75) is 13.5 Å². The molecule has 5 rings (SSSR count). The van der Waals surface area contributed by atoms with Crippen LogP contribution in [0.4, 0.5) is 0 Å². The van der Waals surface area contributed by atoms with E-state index < -0.39 is 5.78 Å². The lowest BCUT2D eigenvalue weighted by Crippen LogP contribution is -2.04. The van der Waals surface area contributed by atoms with Crippen LogP contribution in [-0.2, 0) is 6.54 Å². The van der Waals surface area contributed by atoms with Gasteiger partial charge in [0.1, 0.15) is 5.15 Å². The highest BCUT2D eigenvalue weighted by atomic mass is 35.5. The van der Waals surface area contributed by atoms with Crippen molar-refractivity contribution in [3.05, 3.63) is 98.7 Å². The third-order valence-corrected chi connectivity index (χ3v) is 6.25. The van der Waals surface area contributed by atoms with Crippen LogP contribution < -0.4 is 0 Å². The van der Waals surface area contributed by atoms with Gasteiger partial charge in [-0.3, -0.25) is 9.78 Å². The average Bonchev–Trinajstić information content (AvgIpc) is 3.39. The molecule has 0 saturated heterocycles. The van der Waals surface area contributed by atoms with Crippen LogP contribution in [0.25, 0.3) is 22.4 Å². The van der Waals surface area contributed by atoms with E-state index in [-0.39, 0.29) is 16.9 Å². The molecule has 0 unspecified atom stereocenters. The highest BCUT2D eigenvalue weighted by Crippen LogP contribution is 2.34. The number of carbonyl (C=O) groups excluding carboxylic acids is 1. The molecule has 0 amide bonds. The number of hydrogen-bond acceptors (Lipinski definition) is 5. The number of ketones is 1. The summed E-state index contributed by atoms with van der Waals surface area (Å²) in [6.45, 7) is 2.30. The molecule has 2 aromatic carbocycles. The standard InChI is InChI=1S/C24H15Cl3N4O2/c1-13-2-5-19-17(10-13)20(22(27)31(19)12-15-3-4-16(25)11-18(15)26)21(32)24-30-29-23(33-24)14-6-8-28-9-7-14/h2-11H,12H2,1H3. The minimum atomic E-state index is -0.454. The number of aromatic nitrogens is 4. The highest BCUT2D eigenvalue weighted by molar-refractivity contribution is 6.37. The molecule has 0 saturated carbocycles. The first kappa shape index (κ1) is 21.6. The normalized spacial score (nSPS) is 11.3. The van der Waals surface area contributed by atoms with Crippen molar-refractivity contribution < 1.29 is 9.21 Å². The van der Waals surface area contributed by atoms with Crippen molar-refractivity contribution in [1.29, 1.82) is 0 Å². The summed E-state index contributed by atoms with van der Waals surface area (Å²) in [5.41, 5.74) is 3.55. The molecule has 0 atom stereocenters. The zero-order chi connectivity index (χ0) is 23.1. The first-order chi connectivity index (χ1) is 15.9. The molecule has 0 radical (unpaired) electrons. The summed E-state index contributed by atoms with van der Waals surface area (Å²) in [6.07, 6.45) is 3.21. The molecule has 5 aromatic rings. The van der Waals surface area contributed by atoms with Crippen molar-refractivity contribution in [3.63, 3.8) is 0 Å². The van der Waals surface area contributed by atoms with Gasteiger partial charge in [-0.15, -0.1) is 10.2 Å². The van der Waals surface area contributed by atoms with Gasteiger partial charge < -0.3 is 8.98 Å². The molecule has 164 valence electrons. The Hall–Kier alpha value is -3.19. The van der Waals surface area contributed by atoms with Crippen LogP contribution in [0.1, 0.15) is 27.4 Å². The fraction of sp³-hybridized carbons (Fsp3) is 0.0833. The fourth-order valence-corrected chi connectivity index (χ4v) is 4.47. The third kappa shape index (κ3) is 4.02. The Bertz CT molecular complexity index is 1510. The second-order valence-corrected chi connectivity index (χ2v) is 8.69. The van der Waals surface area contributed by atoms with E-state index in [1.807, 2.05) is 35.8 Å². The van der Waals surface area contributed by atoms with Gasteiger partial charge in [0.15, 0.2) is 0 Å². The van der Waals surface area contributed by atoms with E-state index in [9.17, 15) is 4.79 Å². The Morgan fingerprint density at radius 3 is 2.55 bits per heavy atom. The number of pyridine rings is 1. The van der Waals surface area contributed by atoms with Gasteiger partial charge in [0.2, 0.25) is 5.89 Å². The summed E-state index contributed by atoms with van der Waals surface area (Å²) in [5, 5.41) is 9.98. The number of fused-ring (bicyclic) bond motifs is 1. The zero-order valence-corrected chi connectivity index (χ0v) is 19.5. The van der Waals surface area contributed by atoms with Crippen molar-refractivity contribution in [2.24, 2.45) is 0 Å². The Labute approximate surface area is 203 Å². The molecule has 0 aliphatic carbocycles. The van der Waals surface area contributed by atoms with Crippen LogP contribution in [0.15, 0.2) is 65.3 Å². The van der Waals surface area contributed by atoms with E-state index in [4.69, 9.17) is 39.2 Å². The van der Waals surface area contributed by atoms with Gasteiger partial charge in [-0.25, -0.2) is 0 Å². The molecule has 0 N–H and O–H groups in total. The number of halogens is 3. The maximum Gasteiger partial charge on any atom is 0.289 e. The molecule has 3 heterocycles. The molecule has 33 heavy (non-hydrogen) atoms. The second kappa shape index (κ2) is 8.63. The van der Waals surface area contributed by atoms with E-state index >= 15 is 0 Å². The smallest absolute Gasteiger partial charge is 0.289 e. The number of carbonyl (C=O) groups is 1. The van der Waals surface area contributed by atoms with E-state index in [2.05, 4.69) is 15.2 Å². The third-order valence-electron chi connectivity index (χ3n) is 5.27. The monoisotopic (exact) mass is 496 g/mol. The molecule has 9 heteroatoms. The van der Waals surface area contributed by atoms with Gasteiger partial charge in [0.05, 0.1) is 17.6 Å². The first-order valence-corrected chi connectivity index (χ1v) is 11.1. The summed E-state index contributed by atoms with van der Waals surface area (Å²) < 4.78 is 7.51. The highest BCUT2D eigenvalue weighted by Gasteiger charge is 2.27. The van der Waals surface area contributed by atoms with Crippen molar-refractivity contribution in [2.75, 3.05) is 0 Å². The van der Waals surface area contributed by atoms with Gasteiger partial charge in [-0.05, 0) is 48.9 Å². The Morgan fingerprint density at radius 2 is 1.79 bits per heavy atom. The Morgan fingerprint density at radius 1 is 1.00 bits per heavy atom. The second-order valence-electron chi connectivity index (χ2n) is 7.49. The van der Waals surface area contributed by atoms with Crippen LogP contribution in [0, 0.1) is 6.92 Å². The maximum absolute atomic E-state index is 13.5. The Kier molecular flexibility index (Phi) is 5.66. The SMILES string of the molecule is Cc1ccc2c(c1)c(C(=O)c1nnc(-c3ccncc3)o1)c(Cl)n2Cc1ccc(Cl)cc1Cl. The van der Waals surface area contributed by atoms with E-state index in [1.54, 1.807) is 36.7 Å². The average molecular weight is 498 g/mol. The van der Waals surface area contributed by atoms with Gasteiger partial charge >= 0.3 is 0 Å². The molecule has 0 aliphatic rings. The van der Waals surface area contributed by atoms with E-state index in [0.29, 0.717) is 33.1 Å². The van der Waals surface area contributed by atoms with Gasteiger partial charge in [-0.2, -0.15) is 0 Å². The summed E-state index contributed by atoms with van der Waals surface area (Å²) in [5.74, 6) is -0.372. The quantitative estimate of drug-likeness (QED) is 0.255. The number of benzene rings is 2. The lowest BCUT2D eigenvalue weighted by molar-refractivity contribution is 0.100. The number of hydrogen-bond donors (Lipinski definition) is 0. The predicted molar refractivity (Wildman–Crippen MR) is 128 cm³/mol. The molecular weight excluding hydrogens is 483 g/mol. The minimum Gasteiger partial charge on any atom is -0.413 e. The van der Waals surface area contributed by atoms with Crippen LogP contribution in [0.5, 0.6) is 0 Å². The number of nitrogens with zero attached hydrogens (tertiary/aromatic N) is 4. The fourth-order valence-electron chi connectivity index (χ4n) is 3.66. The minimum absolute atomic E-state index is 0.145. The maximum atomic E-state index is 13.5. The molecule has 0 bridgehead atoms. The Balaban J connectivity index is 1.61. The molecular formula is C24H15Cl3N4O2. The van der Waals surface area contributed by atoms with Crippen LogP contribution in [0.3, 0.4) is 0 Å². The zero-order valence-electron chi connectivity index (χ0n) is 17.2. The van der Waals surface area contributed by atoms with Crippen molar-refractivity contribution in [3.8, 4) is 11.5 Å². The van der Waals surface area contributed by atoms with Crippen molar-refractivity contribution >= 4 is 51.5 Å². The van der Waals surface area contributed by atoms with Gasteiger partial charge in [-0.1, -0.05) is 52.5 Å². The molecule has 6 nitrogen and oxygen atoms in total. The predicted octanol–water partition coefficient (Wildman–Crippen LogP) is 6.63. The van der Waals surface area contributed by atoms with Crippen LogP contribution >= 0.6 is 34.8 Å². The van der Waals surface area contributed by atoms with Crippen LogP contribution in [0.2, 0.25) is 15.2 Å². The summed E-state index contributed by atoms with van der Waals surface area (Å²) >= 11 is 19.2. The number of aryl methyl sites for hydroxylation is 1. The summed E-state index contributed by atoms with van der Waals surface area (Å²) in [4.78, 5) is 17.4. The number of rotatable bonds is 5. The van der Waals surface area contributed by atoms with Crippen LogP contribution in [-0.4, -0.2) is 25.5 Å². The van der Waals surface area contributed by atoms with Crippen molar-refractivity contribution in [1.82, 2.24) is 19.7 Å². The van der Waals surface area contributed by atoms with E-state index in [0.717, 1.165) is 16.6 Å². The topological polar surface area (TPSA) is 73.8 Å². The molecule has 0 fully saturated rings. The lowest BCUT2D eigenvalue weighted by Gasteiger charge is -2.10. The van der Waals surface area contributed by atoms with E-state index in [1.165, 1.54) is 0 Å².